The van der Waals surface area contributed by atoms with Crippen LogP contribution in [0.1, 0.15) is 51.2 Å². The average Bonchev–Trinajstić information content (AvgIpc) is 2.68. The van der Waals surface area contributed by atoms with Crippen molar-refractivity contribution in [3.63, 3.8) is 0 Å². The van der Waals surface area contributed by atoms with Crippen LogP contribution in [0.4, 0.5) is 5.82 Å². The lowest BCUT2D eigenvalue weighted by Gasteiger charge is -2.01. The number of rotatable bonds is 8. The number of nitrogens with zero attached hydrogens (tertiary/aromatic N) is 1. The third-order valence-corrected chi connectivity index (χ3v) is 2.58. The van der Waals surface area contributed by atoms with Crippen LogP contribution in [-0.4, -0.2) is 16.8 Å². The standard InChI is InChI=1S/C13H20N2O3/c1-10(16)7-5-3-4-6-8-13(17)14-12-9-11(2)18-15-12/h9H,3-8H2,1-2H3,(H,14,15,17). The van der Waals surface area contributed by atoms with Gasteiger partial charge in [-0.3, -0.25) is 4.79 Å². The third-order valence-electron chi connectivity index (χ3n) is 2.58. The van der Waals surface area contributed by atoms with Crippen LogP contribution in [0.3, 0.4) is 0 Å². The molecule has 1 N–H and O–H groups in total. The molecule has 1 amide bonds. The van der Waals surface area contributed by atoms with Gasteiger partial charge in [-0.1, -0.05) is 18.0 Å². The zero-order valence-electron chi connectivity index (χ0n) is 11.0. The lowest BCUT2D eigenvalue weighted by atomic mass is 10.1. The van der Waals surface area contributed by atoms with E-state index < -0.39 is 0 Å². The number of hydrogen-bond donors (Lipinski definition) is 1. The molecule has 5 nitrogen and oxygen atoms in total. The van der Waals surface area contributed by atoms with Crippen molar-refractivity contribution < 1.29 is 14.1 Å². The molecule has 0 saturated carbocycles. The second-order valence-corrected chi connectivity index (χ2v) is 4.49. The topological polar surface area (TPSA) is 72.2 Å². The van der Waals surface area contributed by atoms with Crippen LogP contribution < -0.4 is 5.32 Å². The molecule has 100 valence electrons. The predicted molar refractivity (Wildman–Crippen MR) is 68.3 cm³/mol. The second-order valence-electron chi connectivity index (χ2n) is 4.49. The molecule has 0 aliphatic heterocycles. The first-order valence-electron chi connectivity index (χ1n) is 6.30. The van der Waals surface area contributed by atoms with Gasteiger partial charge in [-0.25, -0.2) is 0 Å². The maximum Gasteiger partial charge on any atom is 0.225 e. The number of nitrogens with one attached hydrogen (secondary N) is 1. The molecular formula is C13H20N2O3. The molecule has 5 heteroatoms. The number of aryl methyl sites for hydroxylation is 1. The lowest BCUT2D eigenvalue weighted by molar-refractivity contribution is -0.117. The van der Waals surface area contributed by atoms with E-state index in [-0.39, 0.29) is 11.7 Å². The highest BCUT2D eigenvalue weighted by Crippen LogP contribution is 2.09. The van der Waals surface area contributed by atoms with Crippen molar-refractivity contribution >= 4 is 17.5 Å². The van der Waals surface area contributed by atoms with Crippen LogP contribution in [0.15, 0.2) is 10.6 Å². The summed E-state index contributed by atoms with van der Waals surface area (Å²) in [6.45, 7) is 3.38. The normalized spacial score (nSPS) is 10.3. The minimum atomic E-state index is -0.0464. The number of carbonyl (C=O) groups is 2. The molecule has 1 rings (SSSR count). The fourth-order valence-corrected chi connectivity index (χ4v) is 1.64. The van der Waals surface area contributed by atoms with E-state index in [9.17, 15) is 9.59 Å². The van der Waals surface area contributed by atoms with Gasteiger partial charge in [0.25, 0.3) is 0 Å². The molecule has 0 atom stereocenters. The number of Topliss-reactive ketones (excluding diaryl/α,β-unsaturated/α-hetero) is 1. The molecule has 0 aliphatic carbocycles. The Morgan fingerprint density at radius 2 is 1.89 bits per heavy atom. The van der Waals surface area contributed by atoms with Gasteiger partial charge in [0.2, 0.25) is 5.91 Å². The van der Waals surface area contributed by atoms with Gasteiger partial charge in [0, 0.05) is 18.9 Å². The van der Waals surface area contributed by atoms with Crippen LogP contribution in [0.25, 0.3) is 0 Å². The first-order valence-corrected chi connectivity index (χ1v) is 6.30. The molecule has 0 aromatic carbocycles. The van der Waals surface area contributed by atoms with Crippen LogP contribution >= 0.6 is 0 Å². The Kier molecular flexibility index (Phi) is 6.11. The summed E-state index contributed by atoms with van der Waals surface area (Å²) < 4.78 is 4.85. The van der Waals surface area contributed by atoms with Gasteiger partial charge < -0.3 is 14.6 Å². The van der Waals surface area contributed by atoms with E-state index >= 15 is 0 Å². The highest BCUT2D eigenvalue weighted by Gasteiger charge is 2.05. The molecule has 0 bridgehead atoms. The van der Waals surface area contributed by atoms with Crippen LogP contribution in [-0.2, 0) is 9.59 Å². The lowest BCUT2D eigenvalue weighted by Crippen LogP contribution is -2.11. The molecule has 18 heavy (non-hydrogen) atoms. The monoisotopic (exact) mass is 252 g/mol. The minimum absolute atomic E-state index is 0.0464. The summed E-state index contributed by atoms with van der Waals surface area (Å²) in [5.41, 5.74) is 0. The summed E-state index contributed by atoms with van der Waals surface area (Å²) in [5.74, 6) is 1.33. The summed E-state index contributed by atoms with van der Waals surface area (Å²) in [7, 11) is 0. The average molecular weight is 252 g/mol. The van der Waals surface area contributed by atoms with E-state index in [0.717, 1.165) is 25.7 Å². The zero-order valence-corrected chi connectivity index (χ0v) is 11.0. The van der Waals surface area contributed by atoms with Gasteiger partial charge in [0.05, 0.1) is 0 Å². The van der Waals surface area contributed by atoms with Gasteiger partial charge in [-0.15, -0.1) is 0 Å². The van der Waals surface area contributed by atoms with E-state index in [0.29, 0.717) is 24.4 Å². The molecule has 0 spiro atoms. The zero-order chi connectivity index (χ0) is 13.4. The Balaban J connectivity index is 2.05. The number of anilines is 1. The van der Waals surface area contributed by atoms with Gasteiger partial charge in [-0.2, -0.15) is 0 Å². The minimum Gasteiger partial charge on any atom is -0.360 e. The van der Waals surface area contributed by atoms with Crippen LogP contribution in [0, 0.1) is 6.92 Å². The first kappa shape index (κ1) is 14.4. The summed E-state index contributed by atoms with van der Waals surface area (Å²) in [6.07, 6.45) is 4.84. The van der Waals surface area contributed by atoms with E-state index in [2.05, 4.69) is 10.5 Å². The molecule has 0 aliphatic rings. The van der Waals surface area contributed by atoms with Gasteiger partial charge in [0.15, 0.2) is 5.82 Å². The van der Waals surface area contributed by atoms with Crippen molar-refractivity contribution in [2.75, 3.05) is 5.32 Å². The van der Waals surface area contributed by atoms with Gasteiger partial charge in [-0.05, 0) is 26.7 Å². The maximum absolute atomic E-state index is 11.5. The van der Waals surface area contributed by atoms with E-state index in [4.69, 9.17) is 4.52 Å². The van der Waals surface area contributed by atoms with Crippen LogP contribution in [0.2, 0.25) is 0 Å². The summed E-state index contributed by atoms with van der Waals surface area (Å²) in [6, 6.07) is 1.69. The van der Waals surface area contributed by atoms with Crippen molar-refractivity contribution in [3.8, 4) is 0 Å². The van der Waals surface area contributed by atoms with E-state index in [1.54, 1.807) is 19.9 Å². The second kappa shape index (κ2) is 7.63. The Morgan fingerprint density at radius 1 is 1.22 bits per heavy atom. The third kappa shape index (κ3) is 6.18. The number of hydrogen-bond acceptors (Lipinski definition) is 4. The number of amides is 1. The van der Waals surface area contributed by atoms with E-state index in [1.165, 1.54) is 0 Å². The highest BCUT2D eigenvalue weighted by atomic mass is 16.5. The highest BCUT2D eigenvalue weighted by molar-refractivity contribution is 5.89. The summed E-state index contributed by atoms with van der Waals surface area (Å²) in [5, 5.41) is 6.36. The fraction of sp³-hybridized carbons (Fsp3) is 0.615. The maximum atomic E-state index is 11.5. The predicted octanol–water partition coefficient (Wildman–Crippen LogP) is 2.85. The number of aromatic nitrogens is 1. The molecular weight excluding hydrogens is 232 g/mol. The van der Waals surface area contributed by atoms with Gasteiger partial charge in [0.1, 0.15) is 11.5 Å². The number of unbranched alkanes of at least 4 members (excludes halogenated alkanes) is 3. The van der Waals surface area contributed by atoms with Crippen molar-refractivity contribution in [3.05, 3.63) is 11.8 Å². The van der Waals surface area contributed by atoms with Gasteiger partial charge >= 0.3 is 0 Å². The molecule has 0 fully saturated rings. The first-order chi connectivity index (χ1) is 8.58. The Hall–Kier alpha value is -1.65. The molecule has 0 radical (unpaired) electrons. The van der Waals surface area contributed by atoms with Crippen molar-refractivity contribution in [2.24, 2.45) is 0 Å². The fourth-order valence-electron chi connectivity index (χ4n) is 1.64. The van der Waals surface area contributed by atoms with Crippen molar-refractivity contribution in [2.45, 2.75) is 52.4 Å². The van der Waals surface area contributed by atoms with E-state index in [1.807, 2.05) is 0 Å². The Morgan fingerprint density at radius 3 is 2.44 bits per heavy atom. The molecule has 1 heterocycles. The smallest absolute Gasteiger partial charge is 0.225 e. The Bertz CT molecular complexity index is 399. The largest absolute Gasteiger partial charge is 0.360 e. The molecule has 1 aromatic rings. The Labute approximate surface area is 107 Å². The number of ketones is 1. The SMILES string of the molecule is CC(=O)CCCCCCC(=O)Nc1cc(C)on1. The molecule has 0 saturated heterocycles. The molecule has 1 aromatic heterocycles. The summed E-state index contributed by atoms with van der Waals surface area (Å²) >= 11 is 0. The quantitative estimate of drug-likeness (QED) is 0.722. The van der Waals surface area contributed by atoms with Crippen molar-refractivity contribution in [1.82, 2.24) is 5.16 Å². The van der Waals surface area contributed by atoms with Crippen LogP contribution in [0.5, 0.6) is 0 Å². The summed E-state index contributed by atoms with van der Waals surface area (Å²) in [4.78, 5) is 22.2. The molecule has 0 unspecified atom stereocenters. The van der Waals surface area contributed by atoms with Crippen molar-refractivity contribution in [1.29, 1.82) is 0 Å². The number of carbonyl (C=O) groups excluding carboxylic acids is 2.